The zero-order valence-corrected chi connectivity index (χ0v) is 12.9. The zero-order valence-electron chi connectivity index (χ0n) is 10.7. The molecular weight excluding hydrogens is 325 g/mol. The molecule has 0 aliphatic carbocycles. The third-order valence-corrected chi connectivity index (χ3v) is 2.90. The van der Waals surface area contributed by atoms with Gasteiger partial charge < -0.3 is 16.4 Å². The van der Waals surface area contributed by atoms with E-state index in [0.717, 1.165) is 5.56 Å². The van der Waals surface area contributed by atoms with Crippen LogP contribution in [-0.4, -0.2) is 22.2 Å². The molecule has 1 rings (SSSR count). The minimum Gasteiger partial charge on any atom is -0.330 e. The summed E-state index contributed by atoms with van der Waals surface area (Å²) in [6.45, 7) is 2.04. The Morgan fingerprint density at radius 2 is 1.90 bits per heavy atom. The molecule has 0 spiro atoms. The number of hydrogen-bond acceptors (Lipinski definition) is 3. The summed E-state index contributed by atoms with van der Waals surface area (Å²) >= 11 is 16.4. The van der Waals surface area contributed by atoms with E-state index in [2.05, 4.69) is 10.6 Å². The zero-order chi connectivity index (χ0) is 15.3. The minimum atomic E-state index is -2.03. The predicted octanol–water partition coefficient (Wildman–Crippen LogP) is 2.59. The second-order valence-electron chi connectivity index (χ2n) is 4.07. The minimum absolute atomic E-state index is 0.176. The largest absolute Gasteiger partial charge is 0.330 e. The Morgan fingerprint density at radius 3 is 2.40 bits per heavy atom. The maximum absolute atomic E-state index is 11.5. The van der Waals surface area contributed by atoms with Gasteiger partial charge in [-0.25, -0.2) is 0 Å². The van der Waals surface area contributed by atoms with E-state index >= 15 is 0 Å². The number of rotatable bonds is 4. The van der Waals surface area contributed by atoms with Crippen molar-refractivity contribution in [2.45, 2.75) is 17.1 Å². The van der Waals surface area contributed by atoms with Gasteiger partial charge >= 0.3 is 0 Å². The number of carbonyl (C=O) groups excluding carboxylic acids is 2. The van der Waals surface area contributed by atoms with Crippen LogP contribution in [0.5, 0.6) is 0 Å². The summed E-state index contributed by atoms with van der Waals surface area (Å²) in [6.07, 6.45) is 0.241. The van der Waals surface area contributed by atoms with E-state index in [4.69, 9.17) is 40.5 Å². The van der Waals surface area contributed by atoms with Crippen molar-refractivity contribution in [2.75, 3.05) is 17.2 Å². The van der Waals surface area contributed by atoms with Crippen molar-refractivity contribution in [2.24, 2.45) is 5.73 Å². The van der Waals surface area contributed by atoms with Crippen molar-refractivity contribution in [3.05, 3.63) is 23.8 Å². The fourth-order valence-corrected chi connectivity index (χ4v) is 1.57. The van der Waals surface area contributed by atoms with Gasteiger partial charge in [-0.3, -0.25) is 9.59 Å². The third-order valence-electron chi connectivity index (χ3n) is 2.39. The molecule has 4 N–H and O–H groups in total. The van der Waals surface area contributed by atoms with E-state index in [1.165, 1.54) is 0 Å². The lowest BCUT2D eigenvalue weighted by Gasteiger charge is -2.14. The Morgan fingerprint density at radius 1 is 1.25 bits per heavy atom. The van der Waals surface area contributed by atoms with Gasteiger partial charge in [0, 0.05) is 24.3 Å². The molecule has 1 aromatic rings. The van der Waals surface area contributed by atoms with Crippen LogP contribution in [0.1, 0.15) is 12.0 Å². The molecule has 0 saturated heterocycles. The van der Waals surface area contributed by atoms with Crippen molar-refractivity contribution in [1.82, 2.24) is 0 Å². The SMILES string of the molecule is Cc1cc(NC(=O)CCN)ccc1NC(=O)C(Cl)(Cl)Cl. The van der Waals surface area contributed by atoms with E-state index in [1.807, 2.05) is 0 Å². The molecule has 5 nitrogen and oxygen atoms in total. The first-order valence-electron chi connectivity index (χ1n) is 5.73. The molecule has 0 bridgehead atoms. The Kier molecular flexibility index (Phi) is 6.07. The lowest BCUT2D eigenvalue weighted by Crippen LogP contribution is -2.27. The molecule has 0 aromatic heterocycles. The van der Waals surface area contributed by atoms with Crippen LogP contribution in [0.4, 0.5) is 11.4 Å². The van der Waals surface area contributed by atoms with Gasteiger partial charge in [-0.1, -0.05) is 34.8 Å². The maximum Gasteiger partial charge on any atom is 0.276 e. The molecule has 0 heterocycles. The van der Waals surface area contributed by atoms with Gasteiger partial charge in [0.2, 0.25) is 5.91 Å². The van der Waals surface area contributed by atoms with Crippen molar-refractivity contribution >= 4 is 58.0 Å². The summed E-state index contributed by atoms with van der Waals surface area (Å²) in [7, 11) is 0. The van der Waals surface area contributed by atoms with Gasteiger partial charge in [0.1, 0.15) is 0 Å². The van der Waals surface area contributed by atoms with Crippen LogP contribution >= 0.6 is 34.8 Å². The van der Waals surface area contributed by atoms with Gasteiger partial charge in [-0.15, -0.1) is 0 Å². The normalized spacial score (nSPS) is 11.1. The van der Waals surface area contributed by atoms with Crippen LogP contribution in [0.15, 0.2) is 18.2 Å². The highest BCUT2D eigenvalue weighted by atomic mass is 35.6. The van der Waals surface area contributed by atoms with Gasteiger partial charge in [-0.2, -0.15) is 0 Å². The molecule has 0 unspecified atom stereocenters. The molecular formula is C12H14Cl3N3O2. The molecule has 20 heavy (non-hydrogen) atoms. The number of halogens is 3. The molecule has 0 saturated carbocycles. The number of carbonyl (C=O) groups is 2. The number of alkyl halides is 3. The Labute approximate surface area is 131 Å². The van der Waals surface area contributed by atoms with E-state index < -0.39 is 9.70 Å². The van der Waals surface area contributed by atoms with Crippen molar-refractivity contribution in [3.63, 3.8) is 0 Å². The number of nitrogens with two attached hydrogens (primary N) is 1. The molecule has 0 atom stereocenters. The summed E-state index contributed by atoms with van der Waals surface area (Å²) in [5.74, 6) is -0.921. The average Bonchev–Trinajstić information content (AvgIpc) is 2.31. The topological polar surface area (TPSA) is 84.2 Å². The van der Waals surface area contributed by atoms with Crippen molar-refractivity contribution < 1.29 is 9.59 Å². The highest BCUT2D eigenvalue weighted by Gasteiger charge is 2.30. The van der Waals surface area contributed by atoms with E-state index in [0.29, 0.717) is 11.4 Å². The second-order valence-corrected chi connectivity index (χ2v) is 6.35. The maximum atomic E-state index is 11.5. The molecule has 1 aromatic carbocycles. The summed E-state index contributed by atoms with van der Waals surface area (Å²) < 4.78 is -2.03. The number of anilines is 2. The lowest BCUT2D eigenvalue weighted by molar-refractivity contribution is -0.116. The number of aryl methyl sites for hydroxylation is 1. The summed E-state index contributed by atoms with van der Waals surface area (Å²) in [6, 6.07) is 4.94. The quantitative estimate of drug-likeness (QED) is 0.738. The monoisotopic (exact) mass is 337 g/mol. The molecule has 110 valence electrons. The Hall–Kier alpha value is -1.01. The number of hydrogen-bond donors (Lipinski definition) is 3. The average molecular weight is 339 g/mol. The van der Waals surface area contributed by atoms with Crippen LogP contribution < -0.4 is 16.4 Å². The molecule has 0 aliphatic heterocycles. The van der Waals surface area contributed by atoms with Gasteiger partial charge in [0.05, 0.1) is 0 Å². The van der Waals surface area contributed by atoms with Gasteiger partial charge in [0.25, 0.3) is 9.70 Å². The van der Waals surface area contributed by atoms with Crippen LogP contribution in [-0.2, 0) is 9.59 Å². The molecule has 0 radical (unpaired) electrons. The van der Waals surface area contributed by atoms with Crippen molar-refractivity contribution in [3.8, 4) is 0 Å². The van der Waals surface area contributed by atoms with Gasteiger partial charge in [0.15, 0.2) is 0 Å². The molecule has 2 amide bonds. The summed E-state index contributed by atoms with van der Waals surface area (Å²) in [4.78, 5) is 22.9. The molecule has 0 fully saturated rings. The van der Waals surface area contributed by atoms with Gasteiger partial charge in [-0.05, 0) is 30.7 Å². The third kappa shape index (κ3) is 5.17. The number of amides is 2. The standard InChI is InChI=1S/C12H14Cl3N3O2/c1-7-6-8(17-10(19)4-5-16)2-3-9(7)18-11(20)12(13,14)15/h2-3,6H,4-5,16H2,1H3,(H,17,19)(H,18,20). The van der Waals surface area contributed by atoms with Crippen LogP contribution in [0.25, 0.3) is 0 Å². The predicted molar refractivity (Wildman–Crippen MR) is 82.4 cm³/mol. The summed E-state index contributed by atoms with van der Waals surface area (Å²) in [5.41, 5.74) is 7.11. The smallest absolute Gasteiger partial charge is 0.276 e. The highest BCUT2D eigenvalue weighted by molar-refractivity contribution is 6.76. The molecule has 8 heteroatoms. The van der Waals surface area contributed by atoms with Crippen LogP contribution in [0.2, 0.25) is 0 Å². The first-order valence-corrected chi connectivity index (χ1v) is 6.86. The Bertz CT molecular complexity index is 515. The first-order chi connectivity index (χ1) is 9.24. The Balaban J connectivity index is 2.78. The first kappa shape index (κ1) is 17.0. The lowest BCUT2D eigenvalue weighted by atomic mass is 10.1. The fraction of sp³-hybridized carbons (Fsp3) is 0.333. The number of nitrogens with one attached hydrogen (secondary N) is 2. The number of benzene rings is 1. The van der Waals surface area contributed by atoms with Crippen LogP contribution in [0, 0.1) is 6.92 Å². The van der Waals surface area contributed by atoms with E-state index in [-0.39, 0.29) is 18.9 Å². The van der Waals surface area contributed by atoms with Crippen molar-refractivity contribution in [1.29, 1.82) is 0 Å². The second kappa shape index (κ2) is 7.13. The fourth-order valence-electron chi connectivity index (χ4n) is 1.43. The molecule has 0 aliphatic rings. The van der Waals surface area contributed by atoms with Crippen LogP contribution in [0.3, 0.4) is 0 Å². The van der Waals surface area contributed by atoms with E-state index in [9.17, 15) is 9.59 Å². The summed E-state index contributed by atoms with van der Waals surface area (Å²) in [5, 5.41) is 5.17. The highest BCUT2D eigenvalue weighted by Crippen LogP contribution is 2.29. The van der Waals surface area contributed by atoms with E-state index in [1.54, 1.807) is 25.1 Å².